The number of amides is 2. The lowest BCUT2D eigenvalue weighted by molar-refractivity contribution is 0.259. The Morgan fingerprint density at radius 1 is 1.08 bits per heavy atom. The highest BCUT2D eigenvalue weighted by molar-refractivity contribution is 6.39. The number of anilines is 1. The van der Waals surface area contributed by atoms with Crippen LogP contribution < -0.4 is 5.32 Å². The molecule has 1 aliphatic heterocycles. The fourth-order valence-corrected chi connectivity index (χ4v) is 3.18. The fraction of sp³-hybridized carbons (Fsp3) is 0.222. The minimum absolute atomic E-state index is 0.391. The van der Waals surface area contributed by atoms with E-state index in [-0.39, 0.29) is 0 Å². The van der Waals surface area contributed by atoms with Crippen molar-refractivity contribution in [3.63, 3.8) is 0 Å². The molecule has 4 nitrogen and oxygen atoms in total. The van der Waals surface area contributed by atoms with Crippen LogP contribution in [0.3, 0.4) is 0 Å². The van der Waals surface area contributed by atoms with E-state index in [1.807, 2.05) is 18.2 Å². The van der Waals surface area contributed by atoms with Crippen molar-refractivity contribution < 1.29 is 4.79 Å². The maximum absolute atomic E-state index is 12.2. The molecule has 1 heterocycles. The van der Waals surface area contributed by atoms with Crippen LogP contribution in [-0.2, 0) is 6.54 Å². The molecule has 0 unspecified atom stereocenters. The summed E-state index contributed by atoms with van der Waals surface area (Å²) >= 11 is 12.1. The number of benzene rings is 2. The van der Waals surface area contributed by atoms with Crippen LogP contribution in [-0.4, -0.2) is 23.3 Å². The number of aliphatic imine (C=N–C) groups is 1. The first-order valence-electron chi connectivity index (χ1n) is 7.75. The van der Waals surface area contributed by atoms with Crippen molar-refractivity contribution in [3.8, 4) is 0 Å². The van der Waals surface area contributed by atoms with Crippen LogP contribution in [0.25, 0.3) is 0 Å². The topological polar surface area (TPSA) is 44.7 Å². The number of carbonyl (C=O) groups is 1. The number of nitrogens with one attached hydrogen (secondary N) is 1. The standard InChI is InChI=1S/C18H17Cl2N3O/c19-14-8-4-9-15(20)17(14)22-18(24)21-16-10-5-11-23(16)12-13-6-2-1-3-7-13/h1-4,6-9H,5,10-12H2,(H,22,24). The van der Waals surface area contributed by atoms with Crippen molar-refractivity contribution in [1.82, 2.24) is 4.90 Å². The molecule has 0 atom stereocenters. The SMILES string of the molecule is O=C(N=C1CCCN1Cc1ccccc1)Nc1c(Cl)cccc1Cl. The number of rotatable bonds is 3. The Hall–Kier alpha value is -2.04. The number of halogens is 2. The number of para-hydroxylation sites is 1. The average Bonchev–Trinajstić information content (AvgIpc) is 2.99. The van der Waals surface area contributed by atoms with Gasteiger partial charge >= 0.3 is 6.03 Å². The van der Waals surface area contributed by atoms with E-state index in [4.69, 9.17) is 23.2 Å². The lowest BCUT2D eigenvalue weighted by Gasteiger charge is -2.18. The molecule has 0 aliphatic carbocycles. The summed E-state index contributed by atoms with van der Waals surface area (Å²) in [5.74, 6) is 0.791. The molecule has 2 amide bonds. The first kappa shape index (κ1) is 16.8. The number of carbonyl (C=O) groups excluding carboxylic acids is 1. The lowest BCUT2D eigenvalue weighted by Crippen LogP contribution is -2.26. The minimum Gasteiger partial charge on any atom is -0.356 e. The van der Waals surface area contributed by atoms with Crippen LogP contribution in [0.4, 0.5) is 10.5 Å². The molecule has 0 radical (unpaired) electrons. The highest BCUT2D eigenvalue weighted by Gasteiger charge is 2.20. The smallest absolute Gasteiger partial charge is 0.347 e. The third-order valence-corrected chi connectivity index (χ3v) is 4.46. The number of urea groups is 1. The van der Waals surface area contributed by atoms with Gasteiger partial charge in [0.1, 0.15) is 5.84 Å². The molecular weight excluding hydrogens is 345 g/mol. The van der Waals surface area contributed by atoms with Gasteiger partial charge in [-0.2, -0.15) is 4.99 Å². The van der Waals surface area contributed by atoms with Gasteiger partial charge < -0.3 is 10.2 Å². The third-order valence-electron chi connectivity index (χ3n) is 3.83. The molecule has 3 rings (SSSR count). The maximum Gasteiger partial charge on any atom is 0.347 e. The minimum atomic E-state index is -0.458. The zero-order valence-corrected chi connectivity index (χ0v) is 14.5. The van der Waals surface area contributed by atoms with Crippen LogP contribution >= 0.6 is 23.2 Å². The number of hydrogen-bond donors (Lipinski definition) is 1. The largest absolute Gasteiger partial charge is 0.356 e. The summed E-state index contributed by atoms with van der Waals surface area (Å²) < 4.78 is 0. The first-order valence-corrected chi connectivity index (χ1v) is 8.50. The summed E-state index contributed by atoms with van der Waals surface area (Å²) in [4.78, 5) is 18.6. The normalized spacial score (nSPS) is 15.8. The van der Waals surface area contributed by atoms with E-state index in [9.17, 15) is 4.79 Å². The predicted molar refractivity (Wildman–Crippen MR) is 99.0 cm³/mol. The molecule has 0 spiro atoms. The summed E-state index contributed by atoms with van der Waals surface area (Å²) in [7, 11) is 0. The Kier molecular flexibility index (Phi) is 5.38. The molecule has 2 aromatic carbocycles. The molecule has 1 saturated heterocycles. The molecule has 124 valence electrons. The van der Waals surface area contributed by atoms with Gasteiger partial charge in [-0.25, -0.2) is 4.79 Å². The molecule has 0 saturated carbocycles. The van der Waals surface area contributed by atoms with Gasteiger partial charge in [0, 0.05) is 19.5 Å². The number of hydrogen-bond acceptors (Lipinski definition) is 1. The van der Waals surface area contributed by atoms with E-state index in [2.05, 4.69) is 27.3 Å². The Balaban J connectivity index is 1.71. The van der Waals surface area contributed by atoms with E-state index < -0.39 is 6.03 Å². The quantitative estimate of drug-likeness (QED) is 0.814. The monoisotopic (exact) mass is 361 g/mol. The Morgan fingerprint density at radius 2 is 1.79 bits per heavy atom. The molecule has 2 aromatic rings. The van der Waals surface area contributed by atoms with Crippen molar-refractivity contribution in [2.24, 2.45) is 4.99 Å². The van der Waals surface area contributed by atoms with Crippen LogP contribution in [0.15, 0.2) is 53.5 Å². The molecule has 1 N–H and O–H groups in total. The summed E-state index contributed by atoms with van der Waals surface area (Å²) in [5, 5.41) is 3.46. The highest BCUT2D eigenvalue weighted by atomic mass is 35.5. The molecule has 6 heteroatoms. The fourth-order valence-electron chi connectivity index (χ4n) is 2.69. The molecule has 24 heavy (non-hydrogen) atoms. The second-order valence-electron chi connectivity index (χ2n) is 5.57. The van der Waals surface area contributed by atoms with Crippen molar-refractivity contribution in [3.05, 3.63) is 64.1 Å². The zero-order valence-electron chi connectivity index (χ0n) is 13.0. The second kappa shape index (κ2) is 7.69. The van der Waals surface area contributed by atoms with Gasteiger partial charge in [0.25, 0.3) is 0 Å². The van der Waals surface area contributed by atoms with Gasteiger partial charge in [0.05, 0.1) is 15.7 Å². The molecule has 0 bridgehead atoms. The average molecular weight is 362 g/mol. The maximum atomic E-state index is 12.2. The first-order chi connectivity index (χ1) is 11.6. The summed E-state index contributed by atoms with van der Waals surface area (Å²) in [6, 6.07) is 14.8. The van der Waals surface area contributed by atoms with E-state index >= 15 is 0 Å². The molecular formula is C18H17Cl2N3O. The van der Waals surface area contributed by atoms with Crippen LogP contribution in [0, 0.1) is 0 Å². The number of amidine groups is 1. The van der Waals surface area contributed by atoms with Crippen LogP contribution in [0.1, 0.15) is 18.4 Å². The highest BCUT2D eigenvalue weighted by Crippen LogP contribution is 2.30. The van der Waals surface area contributed by atoms with Gasteiger partial charge in [0.15, 0.2) is 0 Å². The van der Waals surface area contributed by atoms with Gasteiger partial charge in [-0.15, -0.1) is 0 Å². The van der Waals surface area contributed by atoms with Crippen LogP contribution in [0.2, 0.25) is 10.0 Å². The predicted octanol–water partition coefficient (Wildman–Crippen LogP) is 5.22. The van der Waals surface area contributed by atoms with Crippen molar-refractivity contribution >= 4 is 40.8 Å². The zero-order chi connectivity index (χ0) is 16.9. The Bertz CT molecular complexity index is 742. The van der Waals surface area contributed by atoms with Crippen LogP contribution in [0.5, 0.6) is 0 Å². The van der Waals surface area contributed by atoms with Crippen molar-refractivity contribution in [1.29, 1.82) is 0 Å². The van der Waals surface area contributed by atoms with Gasteiger partial charge in [-0.1, -0.05) is 59.6 Å². The second-order valence-corrected chi connectivity index (χ2v) is 6.38. The third kappa shape index (κ3) is 4.08. The van der Waals surface area contributed by atoms with Gasteiger partial charge in [0.2, 0.25) is 0 Å². The lowest BCUT2D eigenvalue weighted by atomic mass is 10.2. The molecule has 0 aromatic heterocycles. The van der Waals surface area contributed by atoms with Gasteiger partial charge in [-0.05, 0) is 24.1 Å². The summed E-state index contributed by atoms with van der Waals surface area (Å²) in [6.45, 7) is 1.65. The van der Waals surface area contributed by atoms with E-state index in [1.54, 1.807) is 18.2 Å². The summed E-state index contributed by atoms with van der Waals surface area (Å²) in [5.41, 5.74) is 1.59. The van der Waals surface area contributed by atoms with Crippen molar-refractivity contribution in [2.75, 3.05) is 11.9 Å². The number of likely N-dealkylation sites (tertiary alicyclic amines) is 1. The molecule has 1 fully saturated rings. The Labute approximate surface area is 151 Å². The van der Waals surface area contributed by atoms with E-state index in [0.717, 1.165) is 31.8 Å². The molecule has 1 aliphatic rings. The Morgan fingerprint density at radius 3 is 2.50 bits per heavy atom. The van der Waals surface area contributed by atoms with Crippen molar-refractivity contribution in [2.45, 2.75) is 19.4 Å². The summed E-state index contributed by atoms with van der Waals surface area (Å²) in [6.07, 6.45) is 1.78. The van der Waals surface area contributed by atoms with E-state index in [0.29, 0.717) is 15.7 Å². The number of nitrogens with zero attached hydrogens (tertiary/aromatic N) is 2. The van der Waals surface area contributed by atoms with Gasteiger partial charge in [-0.3, -0.25) is 0 Å². The van der Waals surface area contributed by atoms with E-state index in [1.165, 1.54) is 5.56 Å².